The van der Waals surface area contributed by atoms with Crippen LogP contribution in [0.2, 0.25) is 50.9 Å². The number of rotatable bonds is 3. The Bertz CT molecular complexity index is 327. The maximum atomic E-state index is 2.82. The highest BCUT2D eigenvalue weighted by atomic mass is 28.3. The minimum absolute atomic E-state index is 0.987. The molecule has 0 unspecified atom stereocenters. The summed E-state index contributed by atoms with van der Waals surface area (Å²) < 4.78 is 0. The van der Waals surface area contributed by atoms with Crippen LogP contribution in [-0.4, -0.2) is 22.9 Å². The summed E-state index contributed by atoms with van der Waals surface area (Å²) in [4.78, 5) is 0. The molecular formula is C16H33BSi2. The zero-order valence-electron chi connectivity index (χ0n) is 14.1. The lowest BCUT2D eigenvalue weighted by atomic mass is 9.27. The van der Waals surface area contributed by atoms with Crippen molar-refractivity contribution in [3.8, 4) is 0 Å². The zero-order valence-corrected chi connectivity index (χ0v) is 16.1. The van der Waals surface area contributed by atoms with E-state index in [0.717, 1.165) is 18.3 Å². The first-order valence-corrected chi connectivity index (χ1v) is 15.5. The molecule has 0 aromatic heterocycles. The number of hydrogen-bond acceptors (Lipinski definition) is 0. The smallest absolute Gasteiger partial charge is 0.118 e. The molecule has 0 aliphatic carbocycles. The van der Waals surface area contributed by atoms with E-state index in [-0.39, 0.29) is 0 Å². The SMILES string of the molecule is C[Si](C)(C)/C=C(\B1C2CCCC1CCC2)[Si](C)(C)C. The van der Waals surface area contributed by atoms with Crippen molar-refractivity contribution in [2.24, 2.45) is 0 Å². The van der Waals surface area contributed by atoms with Crippen molar-refractivity contribution < 1.29 is 0 Å². The van der Waals surface area contributed by atoms with E-state index >= 15 is 0 Å². The molecule has 19 heavy (non-hydrogen) atoms. The molecule has 2 heterocycles. The van der Waals surface area contributed by atoms with Gasteiger partial charge in [-0.05, 0) is 0 Å². The van der Waals surface area contributed by atoms with Crippen molar-refractivity contribution in [3.05, 3.63) is 10.8 Å². The lowest BCUT2D eigenvalue weighted by molar-refractivity contribution is 0.446. The van der Waals surface area contributed by atoms with Crippen LogP contribution in [0.3, 0.4) is 0 Å². The quantitative estimate of drug-likeness (QED) is 0.576. The van der Waals surface area contributed by atoms with Gasteiger partial charge in [0.2, 0.25) is 0 Å². The van der Waals surface area contributed by atoms with Crippen LogP contribution >= 0.6 is 0 Å². The largest absolute Gasteiger partial charge is 0.171 e. The molecule has 0 saturated carbocycles. The molecule has 3 heteroatoms. The third-order valence-corrected chi connectivity index (χ3v) is 8.80. The lowest BCUT2D eigenvalue weighted by Gasteiger charge is -2.45. The maximum absolute atomic E-state index is 2.82. The zero-order chi connectivity index (χ0) is 14.3. The molecule has 0 aromatic carbocycles. The molecule has 2 fully saturated rings. The van der Waals surface area contributed by atoms with Gasteiger partial charge in [0, 0.05) is 0 Å². The second kappa shape index (κ2) is 5.55. The predicted molar refractivity (Wildman–Crippen MR) is 95.7 cm³/mol. The first-order chi connectivity index (χ1) is 8.68. The minimum atomic E-state index is -1.15. The Labute approximate surface area is 123 Å². The molecule has 0 radical (unpaired) electrons. The first-order valence-electron chi connectivity index (χ1n) is 8.42. The summed E-state index contributed by atoms with van der Waals surface area (Å²) >= 11 is 0. The predicted octanol–water partition coefficient (Wildman–Crippen LogP) is 5.81. The third-order valence-electron chi connectivity index (χ3n) is 5.13. The van der Waals surface area contributed by atoms with Gasteiger partial charge in [0.25, 0.3) is 0 Å². The standard InChI is InChI=1S/C16H33BSi2/c1-18(2,3)13-16(19(4,5)6)17-14-9-7-10-15(17)12-8-11-14/h13-15H,7-12H2,1-6H3/b16-13+. The van der Waals surface area contributed by atoms with Gasteiger partial charge >= 0.3 is 0 Å². The Morgan fingerprint density at radius 1 is 0.842 bits per heavy atom. The van der Waals surface area contributed by atoms with Gasteiger partial charge in [0.05, 0.1) is 16.1 Å². The van der Waals surface area contributed by atoms with E-state index < -0.39 is 16.1 Å². The van der Waals surface area contributed by atoms with E-state index in [2.05, 4.69) is 45.0 Å². The monoisotopic (exact) mass is 292 g/mol. The van der Waals surface area contributed by atoms with E-state index in [1.54, 1.807) is 0 Å². The Morgan fingerprint density at radius 3 is 1.58 bits per heavy atom. The second-order valence-electron chi connectivity index (χ2n) is 9.12. The Balaban J connectivity index is 2.35. The highest BCUT2D eigenvalue weighted by molar-refractivity contribution is 7.01. The van der Waals surface area contributed by atoms with Gasteiger partial charge in [0.15, 0.2) is 6.71 Å². The van der Waals surface area contributed by atoms with Crippen LogP contribution in [0.1, 0.15) is 38.5 Å². The van der Waals surface area contributed by atoms with E-state index in [4.69, 9.17) is 0 Å². The van der Waals surface area contributed by atoms with Crippen molar-refractivity contribution in [1.29, 1.82) is 0 Å². The van der Waals surface area contributed by atoms with Crippen LogP contribution < -0.4 is 0 Å². The molecule has 0 spiro atoms. The molecule has 0 N–H and O–H groups in total. The molecule has 0 aromatic rings. The number of hydrogen-bond donors (Lipinski definition) is 0. The summed E-state index contributed by atoms with van der Waals surface area (Å²) in [5, 5.41) is 1.97. The van der Waals surface area contributed by atoms with Crippen LogP contribution in [0.25, 0.3) is 0 Å². The van der Waals surface area contributed by atoms with E-state index in [1.165, 1.54) is 38.5 Å². The molecular weight excluding hydrogens is 259 g/mol. The van der Waals surface area contributed by atoms with E-state index in [0.29, 0.717) is 0 Å². The molecule has 2 aliphatic rings. The molecule has 108 valence electrons. The summed E-state index contributed by atoms with van der Waals surface area (Å²) in [6, 6.07) is 0. The number of fused-ring (bicyclic) bond motifs is 2. The molecule has 2 aliphatic heterocycles. The lowest BCUT2D eigenvalue weighted by Crippen LogP contribution is -2.45. The highest BCUT2D eigenvalue weighted by Gasteiger charge is 2.44. The van der Waals surface area contributed by atoms with Crippen molar-refractivity contribution in [3.63, 3.8) is 0 Å². The van der Waals surface area contributed by atoms with Gasteiger partial charge in [-0.2, -0.15) is 0 Å². The van der Waals surface area contributed by atoms with Crippen LogP contribution in [0, 0.1) is 0 Å². The molecule has 0 nitrogen and oxygen atoms in total. The normalized spacial score (nSPS) is 29.6. The van der Waals surface area contributed by atoms with Gasteiger partial charge in [-0.3, -0.25) is 0 Å². The van der Waals surface area contributed by atoms with Crippen LogP contribution in [0.5, 0.6) is 0 Å². The fraction of sp³-hybridized carbons (Fsp3) is 0.875. The van der Waals surface area contributed by atoms with Gasteiger partial charge in [-0.15, -0.1) is 10.8 Å². The van der Waals surface area contributed by atoms with Crippen molar-refractivity contribution in [2.75, 3.05) is 0 Å². The van der Waals surface area contributed by atoms with Gasteiger partial charge in [0.1, 0.15) is 0 Å². The molecule has 0 atom stereocenters. The molecule has 2 bridgehead atoms. The molecule has 2 rings (SSSR count). The molecule has 0 amide bonds. The van der Waals surface area contributed by atoms with E-state index in [9.17, 15) is 0 Å². The van der Waals surface area contributed by atoms with Crippen molar-refractivity contribution in [2.45, 2.75) is 89.4 Å². The maximum Gasteiger partial charge on any atom is 0.171 e. The summed E-state index contributed by atoms with van der Waals surface area (Å²) in [6.07, 6.45) is 9.11. The fourth-order valence-electron chi connectivity index (χ4n) is 4.46. The summed E-state index contributed by atoms with van der Waals surface area (Å²) in [5.74, 6) is 2.09. The Hall–Kier alpha value is 0.239. The first kappa shape index (κ1) is 15.6. The van der Waals surface area contributed by atoms with Crippen LogP contribution in [0.4, 0.5) is 0 Å². The topological polar surface area (TPSA) is 0 Å². The van der Waals surface area contributed by atoms with Gasteiger partial charge in [-0.1, -0.05) is 89.4 Å². The summed E-state index contributed by atoms with van der Waals surface area (Å²) in [5.41, 5.74) is 2.82. The Kier molecular flexibility index (Phi) is 4.57. The summed E-state index contributed by atoms with van der Waals surface area (Å²) in [7, 11) is -2.24. The average molecular weight is 292 g/mol. The van der Waals surface area contributed by atoms with Gasteiger partial charge < -0.3 is 0 Å². The van der Waals surface area contributed by atoms with E-state index in [1.807, 2.05) is 5.10 Å². The van der Waals surface area contributed by atoms with Crippen LogP contribution in [0.15, 0.2) is 10.8 Å². The van der Waals surface area contributed by atoms with Crippen molar-refractivity contribution >= 4 is 22.9 Å². The second-order valence-corrected chi connectivity index (χ2v) is 19.2. The fourth-order valence-corrected chi connectivity index (χ4v) is 10.1. The van der Waals surface area contributed by atoms with Crippen molar-refractivity contribution in [1.82, 2.24) is 0 Å². The summed E-state index contributed by atoms with van der Waals surface area (Å²) in [6.45, 7) is 16.3. The molecule has 2 saturated heterocycles. The highest BCUT2D eigenvalue weighted by Crippen LogP contribution is 2.50. The minimum Gasteiger partial charge on any atom is -0.118 e. The average Bonchev–Trinajstić information content (AvgIpc) is 2.22. The Morgan fingerprint density at radius 2 is 1.26 bits per heavy atom. The third kappa shape index (κ3) is 3.87. The van der Waals surface area contributed by atoms with Crippen LogP contribution in [-0.2, 0) is 0 Å². The van der Waals surface area contributed by atoms with Gasteiger partial charge in [-0.25, -0.2) is 0 Å².